The predicted molar refractivity (Wildman–Crippen MR) is 55.5 cm³/mol. The molecule has 14 heavy (non-hydrogen) atoms. The Kier molecular flexibility index (Phi) is 4.34. The third kappa shape index (κ3) is 2.93. The molecule has 1 aliphatic heterocycles. The summed E-state index contributed by atoms with van der Waals surface area (Å²) in [5, 5.41) is 8.65. The average Bonchev–Trinajstić information content (AvgIpc) is 2.18. The summed E-state index contributed by atoms with van der Waals surface area (Å²) in [5.41, 5.74) is 0. The highest BCUT2D eigenvalue weighted by Gasteiger charge is 2.27. The molecule has 1 fully saturated rings. The summed E-state index contributed by atoms with van der Waals surface area (Å²) >= 11 is 0. The number of sulfonamides is 1. The number of rotatable bonds is 4. The Balaban J connectivity index is 2.59. The van der Waals surface area contributed by atoms with E-state index in [9.17, 15) is 8.42 Å². The molecule has 0 spiro atoms. The van der Waals surface area contributed by atoms with Crippen LogP contribution in [0, 0.1) is 5.92 Å². The second kappa shape index (κ2) is 5.09. The van der Waals surface area contributed by atoms with Gasteiger partial charge in [-0.2, -0.15) is 0 Å². The maximum absolute atomic E-state index is 11.6. The van der Waals surface area contributed by atoms with E-state index in [0.29, 0.717) is 19.0 Å². The first-order valence-corrected chi connectivity index (χ1v) is 6.79. The summed E-state index contributed by atoms with van der Waals surface area (Å²) < 4.78 is 24.8. The van der Waals surface area contributed by atoms with Crippen LogP contribution in [0.5, 0.6) is 0 Å². The molecule has 84 valence electrons. The minimum Gasteiger partial charge on any atom is -0.395 e. The fourth-order valence-electron chi connectivity index (χ4n) is 1.86. The Morgan fingerprint density at radius 1 is 1.50 bits per heavy atom. The summed E-state index contributed by atoms with van der Waals surface area (Å²) in [5.74, 6) is 0.362. The highest BCUT2D eigenvalue weighted by Crippen LogP contribution is 2.21. The molecular weight excluding hydrogens is 202 g/mol. The van der Waals surface area contributed by atoms with E-state index in [-0.39, 0.29) is 12.4 Å². The Morgan fingerprint density at radius 2 is 2.21 bits per heavy atom. The van der Waals surface area contributed by atoms with Crippen LogP contribution in [-0.4, -0.2) is 43.3 Å². The van der Waals surface area contributed by atoms with E-state index in [2.05, 4.69) is 6.92 Å². The third-order valence-corrected chi connectivity index (χ3v) is 4.62. The number of aliphatic hydroxyl groups excluding tert-OH is 1. The Bertz CT molecular complexity index is 263. The first-order valence-electron chi connectivity index (χ1n) is 5.19. The number of hydrogen-bond donors (Lipinski definition) is 1. The molecule has 1 N–H and O–H groups in total. The average molecular weight is 221 g/mol. The molecule has 1 unspecified atom stereocenters. The van der Waals surface area contributed by atoms with Gasteiger partial charge in [0.2, 0.25) is 10.0 Å². The molecule has 1 atom stereocenters. The molecule has 5 heteroatoms. The summed E-state index contributed by atoms with van der Waals surface area (Å²) in [6.07, 6.45) is 3.11. The molecule has 4 nitrogen and oxygen atoms in total. The number of hydrogen-bond acceptors (Lipinski definition) is 3. The Labute approximate surface area is 86.0 Å². The van der Waals surface area contributed by atoms with Crippen LogP contribution in [0.25, 0.3) is 0 Å². The van der Waals surface area contributed by atoms with Crippen LogP contribution in [0.1, 0.15) is 26.2 Å². The lowest BCUT2D eigenvalue weighted by Crippen LogP contribution is -2.41. The van der Waals surface area contributed by atoms with Gasteiger partial charge in [-0.3, -0.25) is 0 Å². The van der Waals surface area contributed by atoms with E-state index in [1.165, 1.54) is 4.31 Å². The lowest BCUT2D eigenvalue weighted by atomic mass is 9.97. The van der Waals surface area contributed by atoms with Crippen molar-refractivity contribution in [2.24, 2.45) is 5.92 Å². The van der Waals surface area contributed by atoms with E-state index in [4.69, 9.17) is 5.11 Å². The zero-order valence-electron chi connectivity index (χ0n) is 8.65. The molecule has 1 rings (SSSR count). The van der Waals surface area contributed by atoms with Crippen molar-refractivity contribution >= 4 is 10.0 Å². The van der Waals surface area contributed by atoms with Crippen molar-refractivity contribution in [1.29, 1.82) is 0 Å². The van der Waals surface area contributed by atoms with Gasteiger partial charge in [-0.05, 0) is 18.8 Å². The molecule has 0 aliphatic carbocycles. The third-order valence-electron chi connectivity index (χ3n) is 2.80. The molecule has 0 bridgehead atoms. The van der Waals surface area contributed by atoms with Crippen molar-refractivity contribution in [3.05, 3.63) is 0 Å². The van der Waals surface area contributed by atoms with Gasteiger partial charge in [0.15, 0.2) is 0 Å². The van der Waals surface area contributed by atoms with E-state index >= 15 is 0 Å². The molecule has 0 saturated carbocycles. The number of nitrogens with zero attached hydrogens (tertiary/aromatic N) is 1. The minimum absolute atomic E-state index is 0.135. The molecular formula is C9H19NO3S. The quantitative estimate of drug-likeness (QED) is 0.749. The second-order valence-electron chi connectivity index (χ2n) is 3.81. The smallest absolute Gasteiger partial charge is 0.216 e. The van der Waals surface area contributed by atoms with Crippen LogP contribution in [0.15, 0.2) is 0 Å². The van der Waals surface area contributed by atoms with Crippen molar-refractivity contribution < 1.29 is 13.5 Å². The summed E-state index contributed by atoms with van der Waals surface area (Å²) in [4.78, 5) is 0. The minimum atomic E-state index is -3.19. The zero-order chi connectivity index (χ0) is 10.6. The van der Waals surface area contributed by atoms with Gasteiger partial charge < -0.3 is 5.11 Å². The fourth-order valence-corrected chi connectivity index (χ4v) is 3.19. The van der Waals surface area contributed by atoms with Gasteiger partial charge in [-0.25, -0.2) is 12.7 Å². The predicted octanol–water partition coefficient (Wildman–Crippen LogP) is 0.430. The van der Waals surface area contributed by atoms with Crippen LogP contribution < -0.4 is 0 Å². The van der Waals surface area contributed by atoms with Gasteiger partial charge in [-0.15, -0.1) is 0 Å². The molecule has 0 aromatic carbocycles. The van der Waals surface area contributed by atoms with Crippen molar-refractivity contribution in [2.45, 2.75) is 26.2 Å². The molecule has 1 heterocycles. The first-order chi connectivity index (χ1) is 6.60. The van der Waals surface area contributed by atoms with Gasteiger partial charge in [0.25, 0.3) is 0 Å². The Morgan fingerprint density at radius 3 is 2.79 bits per heavy atom. The van der Waals surface area contributed by atoms with Crippen molar-refractivity contribution in [3.8, 4) is 0 Å². The van der Waals surface area contributed by atoms with Gasteiger partial charge in [0.1, 0.15) is 0 Å². The SMILES string of the molecule is CCC1CCCN(S(=O)(=O)CCO)C1. The zero-order valence-corrected chi connectivity index (χ0v) is 9.46. The van der Waals surface area contributed by atoms with Crippen LogP contribution >= 0.6 is 0 Å². The fraction of sp³-hybridized carbons (Fsp3) is 1.00. The van der Waals surface area contributed by atoms with Crippen molar-refractivity contribution in [2.75, 3.05) is 25.4 Å². The van der Waals surface area contributed by atoms with E-state index in [1.807, 2.05) is 0 Å². The largest absolute Gasteiger partial charge is 0.395 e. The van der Waals surface area contributed by atoms with Gasteiger partial charge >= 0.3 is 0 Å². The van der Waals surface area contributed by atoms with Crippen molar-refractivity contribution in [1.82, 2.24) is 4.31 Å². The normalized spacial score (nSPS) is 25.1. The summed E-state index contributed by atoms with van der Waals surface area (Å²) in [6, 6.07) is 0. The first kappa shape index (κ1) is 11.9. The Hall–Kier alpha value is -0.130. The lowest BCUT2D eigenvalue weighted by molar-refractivity contribution is 0.257. The van der Waals surface area contributed by atoms with Crippen LogP contribution in [0.2, 0.25) is 0 Å². The summed E-state index contributed by atoms with van der Waals surface area (Å²) in [6.45, 7) is 3.07. The second-order valence-corrected chi connectivity index (χ2v) is 5.90. The van der Waals surface area contributed by atoms with E-state index < -0.39 is 10.0 Å². The molecule has 0 amide bonds. The maximum Gasteiger partial charge on any atom is 0.216 e. The molecule has 1 aliphatic rings. The summed E-state index contributed by atoms with van der Waals surface area (Å²) in [7, 11) is -3.19. The van der Waals surface area contributed by atoms with Crippen molar-refractivity contribution in [3.63, 3.8) is 0 Å². The molecule has 0 radical (unpaired) electrons. The van der Waals surface area contributed by atoms with E-state index in [1.54, 1.807) is 0 Å². The molecule has 1 saturated heterocycles. The van der Waals surface area contributed by atoms with Gasteiger partial charge in [0, 0.05) is 13.1 Å². The molecule has 0 aromatic rings. The monoisotopic (exact) mass is 221 g/mol. The highest BCUT2D eigenvalue weighted by molar-refractivity contribution is 7.89. The van der Waals surface area contributed by atoms with Crippen LogP contribution in [0.3, 0.4) is 0 Å². The standard InChI is InChI=1S/C9H19NO3S/c1-2-9-4-3-5-10(8-9)14(12,13)7-6-11/h9,11H,2-8H2,1H3. The van der Waals surface area contributed by atoms with E-state index in [0.717, 1.165) is 19.3 Å². The number of piperidine rings is 1. The van der Waals surface area contributed by atoms with Crippen LogP contribution in [0.4, 0.5) is 0 Å². The molecule has 0 aromatic heterocycles. The topological polar surface area (TPSA) is 57.6 Å². The highest BCUT2D eigenvalue weighted by atomic mass is 32.2. The van der Waals surface area contributed by atoms with Crippen LogP contribution in [-0.2, 0) is 10.0 Å². The lowest BCUT2D eigenvalue weighted by Gasteiger charge is -2.31. The van der Waals surface area contributed by atoms with Gasteiger partial charge in [0.05, 0.1) is 12.4 Å². The number of aliphatic hydroxyl groups is 1. The van der Waals surface area contributed by atoms with Gasteiger partial charge in [-0.1, -0.05) is 13.3 Å². The maximum atomic E-state index is 11.6.